The summed E-state index contributed by atoms with van der Waals surface area (Å²) in [5.41, 5.74) is 0.932. The number of fused-ring (bicyclic) bond motifs is 2. The molecule has 0 spiro atoms. The highest BCUT2D eigenvalue weighted by Crippen LogP contribution is 2.32. The number of ether oxygens (including phenoxy) is 2. The highest BCUT2D eigenvalue weighted by atomic mass is 32.2. The summed E-state index contributed by atoms with van der Waals surface area (Å²) in [5, 5.41) is 0. The summed E-state index contributed by atoms with van der Waals surface area (Å²) < 4.78 is 40.4. The first kappa shape index (κ1) is 14.6. The van der Waals surface area contributed by atoms with E-state index >= 15 is 0 Å². The fraction of sp³-hybridized carbons (Fsp3) is 0.500. The van der Waals surface area contributed by atoms with Gasteiger partial charge in [0.2, 0.25) is 0 Å². The molecule has 7 heteroatoms. The van der Waals surface area contributed by atoms with Crippen LogP contribution < -0.4 is 0 Å². The lowest BCUT2D eigenvalue weighted by Gasteiger charge is -2.29. The maximum Gasteiger partial charge on any atom is 0.297 e. The van der Waals surface area contributed by atoms with Crippen LogP contribution in [0.4, 0.5) is 0 Å². The van der Waals surface area contributed by atoms with Crippen molar-refractivity contribution in [1.29, 1.82) is 0 Å². The lowest BCUT2D eigenvalue weighted by atomic mass is 9.94. The van der Waals surface area contributed by atoms with Gasteiger partial charge in [0.25, 0.3) is 10.1 Å². The smallest absolute Gasteiger partial charge is 0.297 e. The Morgan fingerprint density at radius 1 is 1.24 bits per heavy atom. The van der Waals surface area contributed by atoms with Crippen LogP contribution in [0.25, 0.3) is 0 Å². The minimum absolute atomic E-state index is 0.00803. The summed E-state index contributed by atoms with van der Waals surface area (Å²) in [6.45, 7) is 3.82. The number of ketones is 1. The first-order valence-corrected chi connectivity index (χ1v) is 8.10. The molecule has 114 valence electrons. The zero-order valence-corrected chi connectivity index (χ0v) is 12.5. The molecule has 1 aromatic rings. The Morgan fingerprint density at radius 3 is 2.57 bits per heavy atom. The van der Waals surface area contributed by atoms with Gasteiger partial charge in [-0.3, -0.25) is 4.79 Å². The van der Waals surface area contributed by atoms with Gasteiger partial charge in [0.1, 0.15) is 0 Å². The van der Waals surface area contributed by atoms with Crippen molar-refractivity contribution in [1.82, 2.24) is 0 Å². The van der Waals surface area contributed by atoms with Crippen LogP contribution in [0.3, 0.4) is 0 Å². The van der Waals surface area contributed by atoms with E-state index in [9.17, 15) is 13.2 Å². The molecule has 2 saturated heterocycles. The maximum atomic E-state index is 12.3. The van der Waals surface area contributed by atoms with E-state index in [0.29, 0.717) is 0 Å². The number of hydrogen-bond donors (Lipinski definition) is 0. The molecular formula is C14H16O6S. The molecule has 0 amide bonds. The predicted molar refractivity (Wildman–Crippen MR) is 72.0 cm³/mol. The zero-order chi connectivity index (χ0) is 15.2. The Bertz CT molecular complexity index is 651. The van der Waals surface area contributed by atoms with Crippen LogP contribution >= 0.6 is 0 Å². The van der Waals surface area contributed by atoms with Crippen molar-refractivity contribution < 1.29 is 26.9 Å². The Kier molecular flexibility index (Phi) is 3.61. The van der Waals surface area contributed by atoms with Gasteiger partial charge in [-0.15, -0.1) is 0 Å². The van der Waals surface area contributed by atoms with Crippen molar-refractivity contribution in [3.8, 4) is 0 Å². The predicted octanol–water partition coefficient (Wildman–Crippen LogP) is 1.03. The third-order valence-corrected chi connectivity index (χ3v) is 5.12. The fourth-order valence-electron chi connectivity index (χ4n) is 2.43. The van der Waals surface area contributed by atoms with Crippen molar-refractivity contribution in [3.05, 3.63) is 29.8 Å². The van der Waals surface area contributed by atoms with E-state index in [4.69, 9.17) is 13.7 Å². The van der Waals surface area contributed by atoms with Crippen LogP contribution in [0.15, 0.2) is 29.2 Å². The Hall–Kier alpha value is -1.28. The van der Waals surface area contributed by atoms with Crippen LogP contribution in [-0.2, 0) is 28.6 Å². The molecule has 0 radical (unpaired) electrons. The van der Waals surface area contributed by atoms with Crippen molar-refractivity contribution in [2.45, 2.75) is 37.2 Å². The molecule has 2 bridgehead atoms. The fourth-order valence-corrected chi connectivity index (χ4v) is 3.47. The standard InChI is InChI=1S/C14H16O6S/c1-8-3-5-10(6-4-8)21(16,17)20-13-12(15)9(2)11-7-18-14(13)19-11/h3-6,9,11,13-14H,7H2,1-2H3/t9-,11+,13-,14+/m0/s1. The molecule has 2 aliphatic heterocycles. The molecule has 1 aromatic carbocycles. The van der Waals surface area contributed by atoms with Crippen LogP contribution in [0.2, 0.25) is 0 Å². The van der Waals surface area contributed by atoms with Gasteiger partial charge in [-0.25, -0.2) is 4.18 Å². The highest BCUT2D eigenvalue weighted by Gasteiger charge is 2.50. The normalized spacial score (nSPS) is 32.4. The second-order valence-electron chi connectivity index (χ2n) is 5.35. The number of carbonyl (C=O) groups is 1. The summed E-state index contributed by atoms with van der Waals surface area (Å²) in [6, 6.07) is 6.22. The van der Waals surface area contributed by atoms with Gasteiger partial charge in [0.05, 0.1) is 17.6 Å². The Balaban J connectivity index is 1.85. The number of carbonyl (C=O) groups excluding carboxylic acids is 1. The van der Waals surface area contributed by atoms with Gasteiger partial charge in [-0.1, -0.05) is 24.6 Å². The van der Waals surface area contributed by atoms with Gasteiger partial charge < -0.3 is 9.47 Å². The number of aryl methyl sites for hydroxylation is 1. The van der Waals surface area contributed by atoms with Gasteiger partial charge in [0.15, 0.2) is 18.2 Å². The molecule has 2 fully saturated rings. The van der Waals surface area contributed by atoms with E-state index < -0.39 is 28.4 Å². The largest absolute Gasteiger partial charge is 0.347 e. The minimum atomic E-state index is -4.04. The van der Waals surface area contributed by atoms with Gasteiger partial charge >= 0.3 is 0 Å². The quantitative estimate of drug-likeness (QED) is 0.776. The third kappa shape index (κ3) is 2.62. The van der Waals surface area contributed by atoms with E-state index in [-0.39, 0.29) is 23.4 Å². The molecule has 2 heterocycles. The molecule has 6 nitrogen and oxygen atoms in total. The Labute approximate surface area is 123 Å². The molecule has 2 aliphatic rings. The molecule has 0 aromatic heterocycles. The van der Waals surface area contributed by atoms with Gasteiger partial charge in [-0.2, -0.15) is 8.42 Å². The van der Waals surface area contributed by atoms with Gasteiger partial charge in [0, 0.05) is 5.92 Å². The molecule has 0 N–H and O–H groups in total. The van der Waals surface area contributed by atoms with Crippen LogP contribution in [-0.4, -0.2) is 39.3 Å². The SMILES string of the molecule is Cc1ccc(S(=O)(=O)O[C@H]2C(=O)[C@@H](C)[C@H]3CO[C@@H]2O3)cc1. The third-order valence-electron chi connectivity index (χ3n) is 3.81. The molecular weight excluding hydrogens is 296 g/mol. The van der Waals surface area contributed by atoms with Crippen molar-refractivity contribution in [2.75, 3.05) is 6.61 Å². The summed E-state index contributed by atoms with van der Waals surface area (Å²) >= 11 is 0. The van der Waals surface area contributed by atoms with E-state index in [1.807, 2.05) is 6.92 Å². The number of benzene rings is 1. The van der Waals surface area contributed by atoms with Crippen LogP contribution in [0.5, 0.6) is 0 Å². The molecule has 21 heavy (non-hydrogen) atoms. The summed E-state index contributed by atoms with van der Waals surface area (Å²) in [4.78, 5) is 12.2. The first-order valence-electron chi connectivity index (χ1n) is 6.69. The second kappa shape index (κ2) is 5.17. The minimum Gasteiger partial charge on any atom is -0.347 e. The number of Topliss-reactive ketones (excluding diaryl/α,β-unsaturated/α-hetero) is 1. The average Bonchev–Trinajstić information content (AvgIpc) is 2.89. The molecule has 0 unspecified atom stereocenters. The number of hydrogen-bond acceptors (Lipinski definition) is 6. The summed E-state index contributed by atoms with van der Waals surface area (Å²) in [7, 11) is -4.04. The summed E-state index contributed by atoms with van der Waals surface area (Å²) in [6.07, 6.45) is -2.51. The van der Waals surface area contributed by atoms with Crippen molar-refractivity contribution in [3.63, 3.8) is 0 Å². The second-order valence-corrected chi connectivity index (χ2v) is 6.92. The summed E-state index contributed by atoms with van der Waals surface area (Å²) in [5.74, 6) is -0.744. The van der Waals surface area contributed by atoms with Crippen molar-refractivity contribution >= 4 is 15.9 Å². The van der Waals surface area contributed by atoms with E-state index in [0.717, 1.165) is 5.56 Å². The average molecular weight is 312 g/mol. The van der Waals surface area contributed by atoms with Crippen LogP contribution in [0.1, 0.15) is 12.5 Å². The monoisotopic (exact) mass is 312 g/mol. The van der Waals surface area contributed by atoms with Crippen LogP contribution in [0, 0.1) is 12.8 Å². The molecule has 4 atom stereocenters. The first-order chi connectivity index (χ1) is 9.88. The van der Waals surface area contributed by atoms with Gasteiger partial charge in [-0.05, 0) is 19.1 Å². The van der Waals surface area contributed by atoms with E-state index in [1.165, 1.54) is 12.1 Å². The van der Waals surface area contributed by atoms with E-state index in [2.05, 4.69) is 0 Å². The topological polar surface area (TPSA) is 78.9 Å². The Morgan fingerprint density at radius 2 is 1.90 bits per heavy atom. The maximum absolute atomic E-state index is 12.3. The number of rotatable bonds is 3. The lowest BCUT2D eigenvalue weighted by molar-refractivity contribution is -0.173. The molecule has 3 rings (SSSR count). The molecule has 0 aliphatic carbocycles. The molecule has 0 saturated carbocycles. The van der Waals surface area contributed by atoms with Crippen molar-refractivity contribution in [2.24, 2.45) is 5.92 Å². The highest BCUT2D eigenvalue weighted by molar-refractivity contribution is 7.86. The van der Waals surface area contributed by atoms with E-state index in [1.54, 1.807) is 19.1 Å². The lowest BCUT2D eigenvalue weighted by Crippen LogP contribution is -2.48. The zero-order valence-electron chi connectivity index (χ0n) is 11.7.